The van der Waals surface area contributed by atoms with Crippen molar-refractivity contribution >= 4 is 27.8 Å². The molecular formula is C22H28FN7O4S. The van der Waals surface area contributed by atoms with Crippen LogP contribution in [0.3, 0.4) is 0 Å². The molecule has 0 aliphatic rings. The maximum Gasteiger partial charge on any atom is 0.406 e. The maximum atomic E-state index is 15.5. The second-order valence-corrected chi connectivity index (χ2v) is 9.87. The fourth-order valence-electron chi connectivity index (χ4n) is 3.26. The summed E-state index contributed by atoms with van der Waals surface area (Å²) >= 11 is 0. The lowest BCUT2D eigenvalue weighted by Gasteiger charge is -2.12. The van der Waals surface area contributed by atoms with Crippen molar-refractivity contribution in [3.63, 3.8) is 0 Å². The van der Waals surface area contributed by atoms with E-state index in [4.69, 9.17) is 0 Å². The van der Waals surface area contributed by atoms with Gasteiger partial charge >= 0.3 is 6.09 Å². The number of rotatable bonds is 9. The van der Waals surface area contributed by atoms with E-state index in [1.165, 1.54) is 13.2 Å². The van der Waals surface area contributed by atoms with Crippen LogP contribution in [0.1, 0.15) is 25.5 Å². The van der Waals surface area contributed by atoms with E-state index in [0.717, 1.165) is 6.26 Å². The van der Waals surface area contributed by atoms with Gasteiger partial charge in [-0.3, -0.25) is 9.40 Å². The summed E-state index contributed by atoms with van der Waals surface area (Å²) in [6, 6.07) is 4.69. The van der Waals surface area contributed by atoms with E-state index in [9.17, 15) is 13.2 Å². The number of carbonyl (C=O) groups excluding carboxylic acids is 1. The Morgan fingerprint density at radius 2 is 1.97 bits per heavy atom. The number of nitrogens with one attached hydrogen (secondary N) is 3. The number of ether oxygens (including phenoxy) is 1. The number of sulfonamides is 1. The Labute approximate surface area is 203 Å². The van der Waals surface area contributed by atoms with Crippen LogP contribution in [0, 0.1) is 12.7 Å². The minimum absolute atomic E-state index is 0.0205. The monoisotopic (exact) mass is 505 g/mol. The zero-order chi connectivity index (χ0) is 25.8. The molecule has 0 fully saturated rings. The minimum Gasteiger partial charge on any atom is -0.453 e. The number of methoxy groups -OCH3 is 1. The average Bonchev–Trinajstić information content (AvgIpc) is 3.23. The van der Waals surface area contributed by atoms with Crippen molar-refractivity contribution in [2.75, 3.05) is 36.5 Å². The summed E-state index contributed by atoms with van der Waals surface area (Å²) < 4.78 is 47.4. The van der Waals surface area contributed by atoms with Crippen LogP contribution in [0.25, 0.3) is 22.5 Å². The van der Waals surface area contributed by atoms with Crippen molar-refractivity contribution in [3.8, 4) is 22.5 Å². The Morgan fingerprint density at radius 1 is 1.23 bits per heavy atom. The molecule has 3 N–H and O–H groups in total. The van der Waals surface area contributed by atoms with Gasteiger partial charge in [0.25, 0.3) is 0 Å². The van der Waals surface area contributed by atoms with Crippen molar-refractivity contribution in [1.29, 1.82) is 0 Å². The number of aryl methyl sites for hydroxylation is 1. The van der Waals surface area contributed by atoms with E-state index in [1.54, 1.807) is 36.1 Å². The summed E-state index contributed by atoms with van der Waals surface area (Å²) in [7, 11) is -2.41. The standard InChI is InChI=1S/C22H28FN7O4S/c1-13(2)30-12-16(17-6-7-24-21(27-17)25-8-9-26-22(31)34-4)20(28-30)15-10-14(3)11-18(19(15)23)29-35(5,32)33/h6-7,10-13,29H,8-9H2,1-5H3,(H,26,31)(H,24,25,27). The number of carbonyl (C=O) groups is 1. The van der Waals surface area contributed by atoms with Gasteiger partial charge < -0.3 is 15.4 Å². The Hall–Kier alpha value is -3.74. The number of aromatic nitrogens is 4. The molecule has 188 valence electrons. The van der Waals surface area contributed by atoms with Crippen LogP contribution in [0.2, 0.25) is 0 Å². The van der Waals surface area contributed by atoms with E-state index in [-0.39, 0.29) is 17.3 Å². The summed E-state index contributed by atoms with van der Waals surface area (Å²) in [5.41, 5.74) is 1.99. The van der Waals surface area contributed by atoms with E-state index in [1.807, 2.05) is 13.8 Å². The molecule has 1 amide bonds. The first-order valence-electron chi connectivity index (χ1n) is 10.7. The highest BCUT2D eigenvalue weighted by molar-refractivity contribution is 7.92. The lowest BCUT2D eigenvalue weighted by molar-refractivity contribution is 0.171. The van der Waals surface area contributed by atoms with Crippen molar-refractivity contribution in [3.05, 3.63) is 42.0 Å². The molecule has 3 aromatic rings. The van der Waals surface area contributed by atoms with Gasteiger partial charge in [-0.05, 0) is 44.5 Å². The predicted octanol–water partition coefficient (Wildman–Crippen LogP) is 3.17. The lowest BCUT2D eigenvalue weighted by Crippen LogP contribution is -2.28. The number of hydrogen-bond donors (Lipinski definition) is 3. The zero-order valence-corrected chi connectivity index (χ0v) is 20.9. The average molecular weight is 506 g/mol. The Kier molecular flexibility index (Phi) is 7.89. The third-order valence-corrected chi connectivity index (χ3v) is 5.41. The largest absolute Gasteiger partial charge is 0.453 e. The minimum atomic E-state index is -3.69. The Morgan fingerprint density at radius 3 is 2.63 bits per heavy atom. The third-order valence-electron chi connectivity index (χ3n) is 4.82. The number of benzene rings is 1. The number of halogens is 1. The Balaban J connectivity index is 2.02. The highest BCUT2D eigenvalue weighted by Crippen LogP contribution is 2.36. The molecule has 0 atom stereocenters. The molecule has 35 heavy (non-hydrogen) atoms. The van der Waals surface area contributed by atoms with Gasteiger partial charge in [-0.25, -0.2) is 27.6 Å². The van der Waals surface area contributed by atoms with Gasteiger partial charge in [0.1, 0.15) is 5.69 Å². The molecule has 0 aliphatic heterocycles. The quantitative estimate of drug-likeness (QED) is 0.377. The van der Waals surface area contributed by atoms with Crippen molar-refractivity contribution in [1.82, 2.24) is 25.1 Å². The molecule has 2 aromatic heterocycles. The van der Waals surface area contributed by atoms with Crippen LogP contribution in [0.5, 0.6) is 0 Å². The van der Waals surface area contributed by atoms with Crippen LogP contribution in [0.15, 0.2) is 30.6 Å². The normalized spacial score (nSPS) is 11.4. The molecule has 0 saturated carbocycles. The maximum absolute atomic E-state index is 15.5. The van der Waals surface area contributed by atoms with Crippen LogP contribution in [0.4, 0.5) is 20.8 Å². The second kappa shape index (κ2) is 10.7. The topological polar surface area (TPSA) is 140 Å². The smallest absolute Gasteiger partial charge is 0.406 e. The first-order chi connectivity index (χ1) is 16.5. The molecule has 0 aliphatic carbocycles. The molecule has 13 heteroatoms. The fraction of sp³-hybridized carbons (Fsp3) is 0.364. The van der Waals surface area contributed by atoms with Crippen LogP contribution in [-0.4, -0.2) is 60.7 Å². The number of alkyl carbamates (subject to hydrolysis) is 1. The molecule has 0 bridgehead atoms. The van der Waals surface area contributed by atoms with Gasteiger partial charge in [0.05, 0.1) is 24.7 Å². The summed E-state index contributed by atoms with van der Waals surface area (Å²) in [5, 5.41) is 10.1. The molecule has 1 aromatic carbocycles. The first-order valence-corrected chi connectivity index (χ1v) is 12.6. The molecule has 2 heterocycles. The number of hydrogen-bond acceptors (Lipinski definition) is 8. The summed E-state index contributed by atoms with van der Waals surface area (Å²) in [6.45, 7) is 6.26. The van der Waals surface area contributed by atoms with Gasteiger partial charge in [-0.15, -0.1) is 0 Å². The van der Waals surface area contributed by atoms with Gasteiger partial charge in [0.15, 0.2) is 5.82 Å². The van der Waals surface area contributed by atoms with Gasteiger partial charge in [0.2, 0.25) is 16.0 Å². The lowest BCUT2D eigenvalue weighted by atomic mass is 10.0. The number of amides is 1. The predicted molar refractivity (Wildman–Crippen MR) is 131 cm³/mol. The van der Waals surface area contributed by atoms with Gasteiger partial charge in [-0.2, -0.15) is 5.10 Å². The highest BCUT2D eigenvalue weighted by atomic mass is 32.2. The highest BCUT2D eigenvalue weighted by Gasteiger charge is 2.22. The Bertz CT molecular complexity index is 1330. The molecule has 0 saturated heterocycles. The first kappa shape index (κ1) is 25.9. The summed E-state index contributed by atoms with van der Waals surface area (Å²) in [4.78, 5) is 19.9. The molecule has 0 unspecified atom stereocenters. The second-order valence-electron chi connectivity index (χ2n) is 8.12. The van der Waals surface area contributed by atoms with Crippen molar-refractivity contribution < 1.29 is 22.3 Å². The van der Waals surface area contributed by atoms with E-state index < -0.39 is 21.9 Å². The third kappa shape index (κ3) is 6.66. The number of anilines is 2. The van der Waals surface area contributed by atoms with E-state index in [2.05, 4.69) is 35.2 Å². The SMILES string of the molecule is COC(=O)NCCNc1nccc(-c2cn(C(C)C)nc2-c2cc(C)cc(NS(C)(=O)=O)c2F)n1. The van der Waals surface area contributed by atoms with E-state index >= 15 is 4.39 Å². The van der Waals surface area contributed by atoms with Crippen molar-refractivity contribution in [2.24, 2.45) is 0 Å². The summed E-state index contributed by atoms with van der Waals surface area (Å²) in [5.74, 6) is -0.431. The summed E-state index contributed by atoms with van der Waals surface area (Å²) in [6.07, 6.45) is 3.73. The van der Waals surface area contributed by atoms with Crippen LogP contribution < -0.4 is 15.4 Å². The fourth-order valence-corrected chi connectivity index (χ4v) is 3.81. The number of nitrogens with zero attached hydrogens (tertiary/aromatic N) is 4. The zero-order valence-electron chi connectivity index (χ0n) is 20.1. The molecule has 0 spiro atoms. The van der Waals surface area contributed by atoms with Gasteiger partial charge in [-0.1, -0.05) is 0 Å². The van der Waals surface area contributed by atoms with Crippen LogP contribution >= 0.6 is 0 Å². The van der Waals surface area contributed by atoms with Gasteiger partial charge in [0, 0.05) is 42.7 Å². The molecular weight excluding hydrogens is 477 g/mol. The van der Waals surface area contributed by atoms with Crippen LogP contribution in [-0.2, 0) is 14.8 Å². The molecule has 11 nitrogen and oxygen atoms in total. The molecule has 3 rings (SSSR count). The van der Waals surface area contributed by atoms with E-state index in [0.29, 0.717) is 41.6 Å². The molecule has 0 radical (unpaired) electrons. The van der Waals surface area contributed by atoms with Crippen molar-refractivity contribution in [2.45, 2.75) is 26.8 Å².